The van der Waals surface area contributed by atoms with Crippen LogP contribution < -0.4 is 14.8 Å². The average Bonchev–Trinajstić information content (AvgIpc) is 3.15. The molecule has 0 aliphatic carbocycles. The van der Waals surface area contributed by atoms with Crippen molar-refractivity contribution in [2.45, 2.75) is 6.92 Å². The van der Waals surface area contributed by atoms with E-state index in [1.807, 2.05) is 24.3 Å². The molecule has 51 heavy (non-hydrogen) atoms. The highest BCUT2D eigenvalue weighted by Gasteiger charge is 2.18. The number of benzene rings is 1. The van der Waals surface area contributed by atoms with E-state index in [2.05, 4.69) is 20.3 Å². The second-order valence-electron chi connectivity index (χ2n) is 10.6. The van der Waals surface area contributed by atoms with Gasteiger partial charge in [0.15, 0.2) is 11.4 Å². The Labute approximate surface area is 295 Å². The lowest BCUT2D eigenvalue weighted by molar-refractivity contribution is -0.613. The maximum absolute atomic E-state index is 13.0. The summed E-state index contributed by atoms with van der Waals surface area (Å²) in [7, 11) is 0. The first-order valence-electron chi connectivity index (χ1n) is 16.4. The number of nitrogens with one attached hydrogen (secondary N) is 1. The molecular weight excluding hydrogens is 666 g/mol. The van der Waals surface area contributed by atoms with Crippen LogP contribution in [0, 0.1) is 12.1 Å². The molecule has 0 saturated carbocycles. The van der Waals surface area contributed by atoms with Crippen LogP contribution >= 0.6 is 0 Å². The van der Waals surface area contributed by atoms with Crippen molar-refractivity contribution in [1.29, 1.82) is 0 Å². The highest BCUT2D eigenvalue weighted by atomic mass is 16.6. The van der Waals surface area contributed by atoms with E-state index in [-0.39, 0.29) is 31.2 Å². The van der Waals surface area contributed by atoms with Crippen LogP contribution in [0.1, 0.15) is 26.7 Å². The minimum atomic E-state index is -0.685. The molecule has 4 aromatic rings. The third kappa shape index (κ3) is 14.1. The molecule has 0 atom stereocenters. The van der Waals surface area contributed by atoms with E-state index in [0.717, 1.165) is 17.0 Å². The largest absolute Gasteiger partial charge is 0.618 e. The van der Waals surface area contributed by atoms with Crippen LogP contribution in [-0.4, -0.2) is 119 Å². The van der Waals surface area contributed by atoms with Crippen LogP contribution in [0.25, 0.3) is 10.8 Å². The summed E-state index contributed by atoms with van der Waals surface area (Å²) < 4.78 is 44.5. The molecule has 0 fully saturated rings. The molecule has 3 heterocycles. The summed E-state index contributed by atoms with van der Waals surface area (Å²) in [4.78, 5) is 37.2. The van der Waals surface area contributed by atoms with Crippen molar-refractivity contribution in [3.63, 3.8) is 0 Å². The van der Waals surface area contributed by atoms with Gasteiger partial charge in [0.1, 0.15) is 19.0 Å². The number of ether oxygens (including phenoxy) is 8. The minimum Gasteiger partial charge on any atom is -0.618 e. The van der Waals surface area contributed by atoms with Crippen LogP contribution in [-0.2, 0) is 33.2 Å². The third-order valence-corrected chi connectivity index (χ3v) is 6.86. The minimum absolute atomic E-state index is 0.0367. The van der Waals surface area contributed by atoms with Crippen LogP contribution in [0.5, 0.6) is 5.75 Å². The predicted molar refractivity (Wildman–Crippen MR) is 183 cm³/mol. The number of carbonyl (C=O) groups excluding carboxylic acids is 2. The number of anilines is 1. The summed E-state index contributed by atoms with van der Waals surface area (Å²) in [6.45, 7) is 6.33. The number of nitrogens with zero attached hydrogens (tertiary/aromatic N) is 4. The Morgan fingerprint density at radius 1 is 0.686 bits per heavy atom. The standard InChI is InChI=1S/C35H43N5O11/c1-27-24-37-30(26-40(27)43)35(42)51-23-21-49-19-17-47-15-13-45-11-10-44-12-14-46-16-18-48-20-22-50-33-29-7-3-2-6-28(29)25-38-32(33)34(41)39-31-8-4-5-9-36-31/h2-9,24-26H,10-23H2,1H3,(H,36,39,41). The lowest BCUT2D eigenvalue weighted by Gasteiger charge is -2.14. The fourth-order valence-corrected chi connectivity index (χ4v) is 4.30. The van der Waals surface area contributed by atoms with Gasteiger partial charge in [-0.1, -0.05) is 30.3 Å². The van der Waals surface area contributed by atoms with Gasteiger partial charge in [-0.05, 0) is 12.1 Å². The number of fused-ring (bicyclic) bond motifs is 1. The monoisotopic (exact) mass is 709 g/mol. The van der Waals surface area contributed by atoms with Crippen molar-refractivity contribution in [3.8, 4) is 5.75 Å². The van der Waals surface area contributed by atoms with Crippen molar-refractivity contribution in [3.05, 3.63) is 89.5 Å². The van der Waals surface area contributed by atoms with Gasteiger partial charge in [0.25, 0.3) is 5.91 Å². The number of rotatable bonds is 25. The zero-order chi connectivity index (χ0) is 35.9. The van der Waals surface area contributed by atoms with E-state index in [0.29, 0.717) is 94.7 Å². The van der Waals surface area contributed by atoms with Gasteiger partial charge in [-0.3, -0.25) is 4.79 Å². The molecule has 0 unspecified atom stereocenters. The van der Waals surface area contributed by atoms with Crippen LogP contribution in [0.2, 0.25) is 0 Å². The van der Waals surface area contributed by atoms with Crippen molar-refractivity contribution in [1.82, 2.24) is 15.0 Å². The molecule has 0 radical (unpaired) electrons. The number of aryl methyl sites for hydroxylation is 1. The fourth-order valence-electron chi connectivity index (χ4n) is 4.30. The molecular formula is C35H43N5O11. The molecule has 16 heteroatoms. The van der Waals surface area contributed by atoms with E-state index >= 15 is 0 Å². The number of pyridine rings is 2. The number of carbonyl (C=O) groups is 2. The van der Waals surface area contributed by atoms with Gasteiger partial charge in [0.2, 0.25) is 17.6 Å². The predicted octanol–water partition coefficient (Wildman–Crippen LogP) is 2.55. The molecule has 0 saturated heterocycles. The third-order valence-electron chi connectivity index (χ3n) is 6.86. The number of esters is 1. The summed E-state index contributed by atoms with van der Waals surface area (Å²) in [5.41, 5.74) is 0.489. The SMILES string of the molecule is Cc1cnc(C(=O)OCCOCCOCCOCCOCCOCCOCCOc2c(C(=O)Nc3ccccn3)ncc3ccccc23)c[n+]1[O-]. The van der Waals surface area contributed by atoms with Crippen molar-refractivity contribution in [2.24, 2.45) is 0 Å². The Morgan fingerprint density at radius 2 is 1.25 bits per heavy atom. The summed E-state index contributed by atoms with van der Waals surface area (Å²) in [6.07, 6.45) is 5.62. The molecule has 0 spiro atoms. The van der Waals surface area contributed by atoms with Gasteiger partial charge in [0.05, 0.1) is 85.5 Å². The van der Waals surface area contributed by atoms with E-state index in [1.54, 1.807) is 37.5 Å². The zero-order valence-corrected chi connectivity index (χ0v) is 28.5. The second-order valence-corrected chi connectivity index (χ2v) is 10.6. The molecule has 0 aliphatic rings. The first kappa shape index (κ1) is 39.0. The van der Waals surface area contributed by atoms with Crippen molar-refractivity contribution < 1.29 is 52.2 Å². The summed E-state index contributed by atoms with van der Waals surface area (Å²) in [5.74, 6) is -0.300. The molecule has 0 aliphatic heterocycles. The normalized spacial score (nSPS) is 11.1. The zero-order valence-electron chi connectivity index (χ0n) is 28.5. The maximum atomic E-state index is 13.0. The highest BCUT2D eigenvalue weighted by Crippen LogP contribution is 2.28. The Morgan fingerprint density at radius 3 is 1.84 bits per heavy atom. The smallest absolute Gasteiger partial charge is 0.363 e. The molecule has 274 valence electrons. The number of hydrogen-bond acceptors (Lipinski definition) is 14. The van der Waals surface area contributed by atoms with Gasteiger partial charge < -0.3 is 48.4 Å². The van der Waals surface area contributed by atoms with Gasteiger partial charge in [-0.2, -0.15) is 4.73 Å². The molecule has 0 bridgehead atoms. The number of amides is 1. The summed E-state index contributed by atoms with van der Waals surface area (Å²) in [6, 6.07) is 12.8. The van der Waals surface area contributed by atoms with E-state index in [9.17, 15) is 14.8 Å². The van der Waals surface area contributed by atoms with Gasteiger partial charge >= 0.3 is 5.97 Å². The first-order chi connectivity index (χ1) is 25.0. The Kier molecular flexibility index (Phi) is 17.4. The van der Waals surface area contributed by atoms with E-state index in [1.165, 1.54) is 6.20 Å². The quantitative estimate of drug-likeness (QED) is 0.0458. The van der Waals surface area contributed by atoms with E-state index < -0.39 is 11.9 Å². The highest BCUT2D eigenvalue weighted by molar-refractivity contribution is 6.07. The first-order valence-corrected chi connectivity index (χ1v) is 16.4. The van der Waals surface area contributed by atoms with Crippen LogP contribution in [0.3, 0.4) is 0 Å². The summed E-state index contributed by atoms with van der Waals surface area (Å²) >= 11 is 0. The molecule has 3 aromatic heterocycles. The van der Waals surface area contributed by atoms with Gasteiger partial charge in [-0.25, -0.2) is 19.7 Å². The van der Waals surface area contributed by atoms with Crippen LogP contribution in [0.4, 0.5) is 5.82 Å². The molecule has 4 rings (SSSR count). The molecule has 1 N–H and O–H groups in total. The maximum Gasteiger partial charge on any atom is 0.363 e. The topological polar surface area (TPSA) is 186 Å². The van der Waals surface area contributed by atoms with E-state index in [4.69, 9.17) is 37.9 Å². The Balaban J connectivity index is 0.931. The average molecular weight is 710 g/mol. The molecule has 1 aromatic carbocycles. The number of aromatic nitrogens is 4. The van der Waals surface area contributed by atoms with Crippen molar-refractivity contribution in [2.75, 3.05) is 97.8 Å². The fraction of sp³-hybridized carbons (Fsp3) is 0.429. The Hall–Kier alpha value is -4.84. The lowest BCUT2D eigenvalue weighted by atomic mass is 10.1. The Bertz CT molecular complexity index is 1630. The number of hydrogen-bond donors (Lipinski definition) is 1. The summed E-state index contributed by atoms with van der Waals surface area (Å²) in [5, 5.41) is 15.9. The molecule has 16 nitrogen and oxygen atoms in total. The molecule has 1 amide bonds. The van der Waals surface area contributed by atoms with Crippen LogP contribution in [0.15, 0.2) is 67.3 Å². The van der Waals surface area contributed by atoms with Gasteiger partial charge in [-0.15, -0.1) is 0 Å². The van der Waals surface area contributed by atoms with Gasteiger partial charge in [0, 0.05) is 30.1 Å². The second kappa shape index (κ2) is 22.8. The lowest BCUT2D eigenvalue weighted by Crippen LogP contribution is -2.32. The van der Waals surface area contributed by atoms with Crippen molar-refractivity contribution >= 4 is 28.5 Å².